The molecule has 1 radical (unpaired) electrons. The molecule has 18 heavy (non-hydrogen) atoms. The molecule has 0 saturated heterocycles. The molecule has 0 aromatic rings. The zero-order chi connectivity index (χ0) is 14.8. The van der Waals surface area contributed by atoms with E-state index in [0.29, 0.717) is 0 Å². The Morgan fingerprint density at radius 2 is 1.39 bits per heavy atom. The van der Waals surface area contributed by atoms with Crippen LogP contribution in [-0.4, -0.2) is 33.4 Å². The predicted molar refractivity (Wildman–Crippen MR) is 83.0 cm³/mol. The molecule has 0 bridgehead atoms. The predicted octanol–water partition coefficient (Wildman–Crippen LogP) is 3.24. The largest absolute Gasteiger partial charge is 0.421 e. The monoisotopic (exact) mass is 293 g/mol. The summed E-state index contributed by atoms with van der Waals surface area (Å²) in [5, 5.41) is 9.93. The third kappa shape index (κ3) is 5.33. The van der Waals surface area contributed by atoms with Crippen LogP contribution in [-0.2, 0) is 8.84 Å². The average Bonchev–Trinajstić information content (AvgIpc) is 2.08. The van der Waals surface area contributed by atoms with Crippen LogP contribution in [0.1, 0.15) is 55.4 Å². The summed E-state index contributed by atoms with van der Waals surface area (Å²) in [7, 11) is 0. The van der Waals surface area contributed by atoms with E-state index in [0.717, 1.165) is 11.9 Å². The van der Waals surface area contributed by atoms with Crippen molar-refractivity contribution in [2.45, 2.75) is 76.9 Å². The maximum absolute atomic E-state index is 9.93. The van der Waals surface area contributed by atoms with Crippen molar-refractivity contribution in [3.8, 4) is 0 Å². The summed E-state index contributed by atoms with van der Waals surface area (Å²) in [4.78, 5) is 0. The maximum atomic E-state index is 9.93. The van der Waals surface area contributed by atoms with E-state index in [2.05, 4.69) is 12.6 Å². The second-order valence-electron chi connectivity index (χ2n) is 6.53. The van der Waals surface area contributed by atoms with Crippen molar-refractivity contribution in [2.75, 3.05) is 0 Å². The highest BCUT2D eigenvalue weighted by molar-refractivity contribution is 8.18. The van der Waals surface area contributed by atoms with Crippen molar-refractivity contribution in [3.63, 3.8) is 0 Å². The molecule has 0 amide bonds. The van der Waals surface area contributed by atoms with E-state index in [4.69, 9.17) is 8.84 Å². The van der Waals surface area contributed by atoms with Gasteiger partial charge < -0.3 is 13.9 Å². The summed E-state index contributed by atoms with van der Waals surface area (Å²) in [6, 6.07) is 0. The first-order chi connectivity index (χ1) is 7.71. The molecule has 1 N–H and O–H groups in total. The molecule has 0 fully saturated rings. The Kier molecular flexibility index (Phi) is 6.17. The van der Waals surface area contributed by atoms with E-state index in [-0.39, 0.29) is 4.75 Å². The lowest BCUT2D eigenvalue weighted by atomic mass is 9.90. The summed E-state index contributed by atoms with van der Waals surface area (Å²) < 4.78 is 11.0. The van der Waals surface area contributed by atoms with E-state index in [1.807, 2.05) is 41.5 Å². The first-order valence-electron chi connectivity index (χ1n) is 5.99. The summed E-state index contributed by atoms with van der Waals surface area (Å²) in [5.74, 6) is 0. The Hall–Kier alpha value is 0.645. The van der Waals surface area contributed by atoms with Crippen LogP contribution in [0.4, 0.5) is 0 Å². The Balaban J connectivity index is 4.17. The Morgan fingerprint density at radius 3 is 1.72 bits per heavy atom. The van der Waals surface area contributed by atoms with Gasteiger partial charge in [0, 0.05) is 4.75 Å². The highest BCUT2D eigenvalue weighted by Crippen LogP contribution is 2.33. The van der Waals surface area contributed by atoms with E-state index in [1.54, 1.807) is 20.6 Å². The van der Waals surface area contributed by atoms with Crippen LogP contribution in [0.2, 0.25) is 0 Å². The Morgan fingerprint density at radius 1 is 0.944 bits per heavy atom. The first kappa shape index (κ1) is 18.6. The zero-order valence-corrected chi connectivity index (χ0v) is 14.4. The van der Waals surface area contributed by atoms with E-state index >= 15 is 0 Å². The van der Waals surface area contributed by atoms with Gasteiger partial charge in [0.05, 0.1) is 11.2 Å². The standard InChI is InChI=1S/C12H26BO3S2/c1-9(2,14)10(3,4)16-18-13-15-11(5,6)12(7,8)17/h14,17H,1-8H3. The summed E-state index contributed by atoms with van der Waals surface area (Å²) in [5.41, 5.74) is -2.00. The Bertz CT molecular complexity index is 239. The Labute approximate surface area is 122 Å². The van der Waals surface area contributed by atoms with Crippen LogP contribution in [0.15, 0.2) is 0 Å². The second kappa shape index (κ2) is 5.96. The van der Waals surface area contributed by atoms with Gasteiger partial charge in [-0.15, -0.1) is 0 Å². The first-order valence-corrected chi connectivity index (χ1v) is 7.25. The third-order valence-electron chi connectivity index (χ3n) is 3.59. The smallest absolute Gasteiger partial charge is 0.406 e. The van der Waals surface area contributed by atoms with Crippen molar-refractivity contribution in [1.82, 2.24) is 0 Å². The molecular weight excluding hydrogens is 267 g/mol. The minimum absolute atomic E-state index is 0.268. The van der Waals surface area contributed by atoms with Gasteiger partial charge in [-0.1, -0.05) is 0 Å². The van der Waals surface area contributed by atoms with Crippen molar-refractivity contribution in [2.24, 2.45) is 0 Å². The van der Waals surface area contributed by atoms with Gasteiger partial charge in [-0.05, 0) is 67.3 Å². The molecule has 0 saturated carbocycles. The summed E-state index contributed by atoms with van der Waals surface area (Å²) in [6.07, 6.45) is 0. The normalized spacial score (nSPS) is 14.8. The molecular formula is C12H26BO3S2. The van der Waals surface area contributed by atoms with Crippen LogP contribution in [0.5, 0.6) is 0 Å². The van der Waals surface area contributed by atoms with Crippen LogP contribution in [0, 0.1) is 0 Å². The number of hydrogen-bond acceptors (Lipinski definition) is 5. The fraction of sp³-hybridized carbons (Fsp3) is 1.00. The van der Waals surface area contributed by atoms with Gasteiger partial charge in [0.1, 0.15) is 5.60 Å². The number of hydrogen-bond donors (Lipinski definition) is 2. The number of rotatable bonds is 7. The van der Waals surface area contributed by atoms with E-state index in [1.165, 1.54) is 0 Å². The topological polar surface area (TPSA) is 38.7 Å². The van der Waals surface area contributed by atoms with Gasteiger partial charge in [0.2, 0.25) is 0 Å². The fourth-order valence-electron chi connectivity index (χ4n) is 0.526. The molecule has 0 aliphatic carbocycles. The van der Waals surface area contributed by atoms with Gasteiger partial charge in [0.25, 0.3) is 0 Å². The van der Waals surface area contributed by atoms with Crippen LogP contribution >= 0.6 is 24.5 Å². The molecule has 3 nitrogen and oxygen atoms in total. The molecule has 0 spiro atoms. The quantitative estimate of drug-likeness (QED) is 0.327. The minimum atomic E-state index is -0.924. The lowest BCUT2D eigenvalue weighted by Crippen LogP contribution is -2.46. The SMILES string of the molecule is CC(C)(O)C(C)(C)OS[B]OC(C)(C)C(C)(C)S. The van der Waals surface area contributed by atoms with Crippen molar-refractivity contribution in [3.05, 3.63) is 0 Å². The van der Waals surface area contributed by atoms with Crippen molar-refractivity contribution < 1.29 is 13.9 Å². The van der Waals surface area contributed by atoms with Crippen molar-refractivity contribution in [1.29, 1.82) is 0 Å². The zero-order valence-electron chi connectivity index (χ0n) is 12.7. The highest BCUT2D eigenvalue weighted by atomic mass is 32.2. The number of thiol groups is 1. The molecule has 107 valence electrons. The summed E-state index contributed by atoms with van der Waals surface area (Å²) in [6.45, 7) is 16.6. The maximum Gasteiger partial charge on any atom is 0.406 e. The molecule has 0 aliphatic heterocycles. The molecule has 0 rings (SSSR count). The molecule has 0 atom stereocenters. The lowest BCUT2D eigenvalue weighted by molar-refractivity contribution is -0.0807. The van der Waals surface area contributed by atoms with Crippen molar-refractivity contribution >= 4 is 31.3 Å². The van der Waals surface area contributed by atoms with Gasteiger partial charge >= 0.3 is 6.76 Å². The van der Waals surface area contributed by atoms with Crippen LogP contribution in [0.25, 0.3) is 0 Å². The average molecular weight is 293 g/mol. The van der Waals surface area contributed by atoms with E-state index in [9.17, 15) is 5.11 Å². The minimum Gasteiger partial charge on any atom is -0.421 e. The van der Waals surface area contributed by atoms with Gasteiger partial charge in [-0.25, -0.2) is 0 Å². The highest BCUT2D eigenvalue weighted by Gasteiger charge is 2.38. The second-order valence-corrected chi connectivity index (χ2v) is 8.20. The summed E-state index contributed by atoms with van der Waals surface area (Å²) >= 11 is 5.59. The van der Waals surface area contributed by atoms with Gasteiger partial charge in [-0.2, -0.15) is 12.6 Å². The fourth-order valence-corrected chi connectivity index (χ4v) is 1.34. The molecule has 6 heteroatoms. The molecule has 0 aliphatic rings. The number of aliphatic hydroxyl groups is 1. The molecule has 0 aromatic carbocycles. The van der Waals surface area contributed by atoms with Gasteiger partial charge in [-0.3, -0.25) is 0 Å². The molecule has 0 heterocycles. The van der Waals surface area contributed by atoms with Gasteiger partial charge in [0.15, 0.2) is 0 Å². The van der Waals surface area contributed by atoms with E-state index < -0.39 is 16.8 Å². The van der Waals surface area contributed by atoms with Crippen LogP contribution < -0.4 is 0 Å². The van der Waals surface area contributed by atoms with Crippen LogP contribution in [0.3, 0.4) is 0 Å². The third-order valence-corrected chi connectivity index (χ3v) is 4.81. The molecule has 0 aromatic heterocycles. The molecule has 0 unspecified atom stereocenters. The lowest BCUT2D eigenvalue weighted by Gasteiger charge is -2.39.